The molecule has 1 fully saturated rings. The zero-order chi connectivity index (χ0) is 14.3. The minimum Gasteiger partial charge on any atom is -0.467 e. The molecule has 6 nitrogen and oxygen atoms in total. The summed E-state index contributed by atoms with van der Waals surface area (Å²) >= 11 is 0. The maximum Gasteiger partial charge on any atom is 0.328 e. The van der Waals surface area contributed by atoms with E-state index >= 15 is 0 Å². The SMILES string of the molecule is C=CCCC[C@@H](NC(=O)[C@H]1CCC(=O)N1)C(=O)OC. The van der Waals surface area contributed by atoms with E-state index in [0.717, 1.165) is 12.8 Å². The Labute approximate surface area is 112 Å². The molecule has 0 saturated carbocycles. The molecule has 106 valence electrons. The van der Waals surface area contributed by atoms with Crippen LogP contribution in [0.1, 0.15) is 32.1 Å². The van der Waals surface area contributed by atoms with Gasteiger partial charge in [-0.05, 0) is 25.7 Å². The monoisotopic (exact) mass is 268 g/mol. The van der Waals surface area contributed by atoms with E-state index in [4.69, 9.17) is 0 Å². The summed E-state index contributed by atoms with van der Waals surface area (Å²) in [6, 6.07) is -1.21. The Hall–Kier alpha value is -1.85. The average Bonchev–Trinajstić information content (AvgIpc) is 2.83. The second kappa shape index (κ2) is 7.56. The van der Waals surface area contributed by atoms with E-state index in [1.807, 2.05) is 0 Å². The predicted octanol–water partition coefficient (Wildman–Crippen LogP) is 0.279. The molecule has 2 atom stereocenters. The van der Waals surface area contributed by atoms with E-state index < -0.39 is 18.1 Å². The van der Waals surface area contributed by atoms with Crippen molar-refractivity contribution < 1.29 is 19.1 Å². The standard InChI is InChI=1S/C13H20N2O4/c1-3-4-5-6-10(13(18)19-2)15-12(17)9-7-8-11(16)14-9/h3,9-10H,1,4-8H2,2H3,(H,14,16)(H,15,17)/t9-,10-/m1/s1. The van der Waals surface area contributed by atoms with Gasteiger partial charge in [-0.1, -0.05) is 6.08 Å². The number of ether oxygens (including phenoxy) is 1. The van der Waals surface area contributed by atoms with Crippen molar-refractivity contribution in [2.75, 3.05) is 7.11 Å². The minimum absolute atomic E-state index is 0.138. The zero-order valence-corrected chi connectivity index (χ0v) is 11.1. The van der Waals surface area contributed by atoms with Crippen LogP contribution in [0.25, 0.3) is 0 Å². The molecule has 19 heavy (non-hydrogen) atoms. The molecule has 0 aromatic rings. The summed E-state index contributed by atoms with van der Waals surface area (Å²) in [7, 11) is 1.28. The van der Waals surface area contributed by atoms with Crippen LogP contribution in [-0.4, -0.2) is 37.0 Å². The van der Waals surface area contributed by atoms with Crippen LogP contribution in [0.3, 0.4) is 0 Å². The molecule has 0 bridgehead atoms. The molecule has 6 heteroatoms. The minimum atomic E-state index is -0.671. The lowest BCUT2D eigenvalue weighted by Gasteiger charge is -2.18. The summed E-state index contributed by atoms with van der Waals surface area (Å²) in [5.41, 5.74) is 0. The van der Waals surface area contributed by atoms with Gasteiger partial charge in [-0.25, -0.2) is 4.79 Å². The van der Waals surface area contributed by atoms with E-state index in [-0.39, 0.29) is 11.8 Å². The first-order valence-corrected chi connectivity index (χ1v) is 6.37. The summed E-state index contributed by atoms with van der Waals surface area (Å²) < 4.78 is 4.66. The lowest BCUT2D eigenvalue weighted by atomic mass is 10.1. The van der Waals surface area contributed by atoms with Gasteiger partial charge >= 0.3 is 5.97 Å². The van der Waals surface area contributed by atoms with Crippen LogP contribution in [0.5, 0.6) is 0 Å². The van der Waals surface area contributed by atoms with Crippen LogP contribution < -0.4 is 10.6 Å². The van der Waals surface area contributed by atoms with Gasteiger partial charge in [0.2, 0.25) is 11.8 Å². The van der Waals surface area contributed by atoms with Gasteiger partial charge in [-0.15, -0.1) is 6.58 Å². The van der Waals surface area contributed by atoms with Crippen molar-refractivity contribution in [2.24, 2.45) is 0 Å². The number of carbonyl (C=O) groups excluding carboxylic acids is 3. The third kappa shape index (κ3) is 4.73. The summed E-state index contributed by atoms with van der Waals surface area (Å²) in [6.45, 7) is 3.60. The number of rotatable bonds is 7. The van der Waals surface area contributed by atoms with Crippen molar-refractivity contribution in [3.63, 3.8) is 0 Å². The molecule has 1 heterocycles. The van der Waals surface area contributed by atoms with Gasteiger partial charge in [0.1, 0.15) is 12.1 Å². The molecule has 2 amide bonds. The van der Waals surface area contributed by atoms with E-state index in [0.29, 0.717) is 19.3 Å². The fourth-order valence-corrected chi connectivity index (χ4v) is 1.94. The fourth-order valence-electron chi connectivity index (χ4n) is 1.94. The van der Waals surface area contributed by atoms with Crippen LogP contribution in [0.15, 0.2) is 12.7 Å². The predicted molar refractivity (Wildman–Crippen MR) is 69.2 cm³/mol. The molecule has 0 aromatic heterocycles. The zero-order valence-electron chi connectivity index (χ0n) is 11.1. The molecule has 0 aliphatic carbocycles. The highest BCUT2D eigenvalue weighted by Crippen LogP contribution is 2.09. The number of allylic oxidation sites excluding steroid dienone is 1. The van der Waals surface area contributed by atoms with E-state index in [1.54, 1.807) is 6.08 Å². The van der Waals surface area contributed by atoms with Crippen LogP contribution >= 0.6 is 0 Å². The van der Waals surface area contributed by atoms with Gasteiger partial charge in [0.15, 0.2) is 0 Å². The first kappa shape index (κ1) is 15.2. The molecular weight excluding hydrogens is 248 g/mol. The molecule has 0 unspecified atom stereocenters. The van der Waals surface area contributed by atoms with Crippen molar-refractivity contribution >= 4 is 17.8 Å². The lowest BCUT2D eigenvalue weighted by molar-refractivity contribution is -0.145. The lowest BCUT2D eigenvalue weighted by Crippen LogP contribution is -2.49. The van der Waals surface area contributed by atoms with Crippen LogP contribution in [0.2, 0.25) is 0 Å². The van der Waals surface area contributed by atoms with Gasteiger partial charge in [0, 0.05) is 6.42 Å². The fraction of sp³-hybridized carbons (Fsp3) is 0.615. The second-order valence-corrected chi connectivity index (χ2v) is 4.46. The molecular formula is C13H20N2O4. The Bertz CT molecular complexity index is 368. The van der Waals surface area contributed by atoms with Crippen LogP contribution in [0.4, 0.5) is 0 Å². The molecule has 1 aliphatic rings. The summed E-state index contributed by atoms with van der Waals surface area (Å²) in [5, 5.41) is 5.19. The maximum atomic E-state index is 11.9. The maximum absolute atomic E-state index is 11.9. The highest BCUT2D eigenvalue weighted by Gasteiger charge is 2.30. The molecule has 0 aromatic carbocycles. The van der Waals surface area contributed by atoms with Crippen molar-refractivity contribution in [1.82, 2.24) is 10.6 Å². The quantitative estimate of drug-likeness (QED) is 0.394. The van der Waals surface area contributed by atoms with Gasteiger partial charge in [0.25, 0.3) is 0 Å². The highest BCUT2D eigenvalue weighted by atomic mass is 16.5. The number of amides is 2. The molecule has 2 N–H and O–H groups in total. The van der Waals surface area contributed by atoms with Crippen molar-refractivity contribution in [3.8, 4) is 0 Å². The summed E-state index contributed by atoms with van der Waals surface area (Å²) in [6.07, 6.45) is 4.56. The number of nitrogens with one attached hydrogen (secondary N) is 2. The Morgan fingerprint density at radius 1 is 1.63 bits per heavy atom. The van der Waals surface area contributed by atoms with E-state index in [9.17, 15) is 14.4 Å². The Morgan fingerprint density at radius 3 is 2.89 bits per heavy atom. The average molecular weight is 268 g/mol. The van der Waals surface area contributed by atoms with Gasteiger partial charge in [0.05, 0.1) is 7.11 Å². The molecule has 0 spiro atoms. The molecule has 1 aliphatic heterocycles. The highest BCUT2D eigenvalue weighted by molar-refractivity contribution is 5.93. The summed E-state index contributed by atoms with van der Waals surface area (Å²) in [4.78, 5) is 34.5. The summed E-state index contributed by atoms with van der Waals surface area (Å²) in [5.74, 6) is -0.942. The smallest absolute Gasteiger partial charge is 0.328 e. The van der Waals surface area contributed by atoms with E-state index in [2.05, 4.69) is 21.9 Å². The van der Waals surface area contributed by atoms with Crippen molar-refractivity contribution in [3.05, 3.63) is 12.7 Å². The number of hydrogen-bond donors (Lipinski definition) is 2. The van der Waals surface area contributed by atoms with Gasteiger partial charge in [-0.3, -0.25) is 9.59 Å². The Balaban J connectivity index is 2.50. The molecule has 0 radical (unpaired) electrons. The van der Waals surface area contributed by atoms with Crippen molar-refractivity contribution in [2.45, 2.75) is 44.2 Å². The Morgan fingerprint density at radius 2 is 2.37 bits per heavy atom. The number of esters is 1. The Kier molecular flexibility index (Phi) is 6.05. The van der Waals surface area contributed by atoms with E-state index in [1.165, 1.54) is 7.11 Å². The third-order valence-corrected chi connectivity index (χ3v) is 3.02. The van der Waals surface area contributed by atoms with Crippen LogP contribution in [0, 0.1) is 0 Å². The normalized spacial score (nSPS) is 19.4. The van der Waals surface area contributed by atoms with Crippen molar-refractivity contribution in [1.29, 1.82) is 0 Å². The first-order chi connectivity index (χ1) is 9.08. The third-order valence-electron chi connectivity index (χ3n) is 3.02. The molecule has 1 saturated heterocycles. The van der Waals surface area contributed by atoms with Gasteiger partial charge < -0.3 is 15.4 Å². The second-order valence-electron chi connectivity index (χ2n) is 4.46. The number of hydrogen-bond acceptors (Lipinski definition) is 4. The number of unbranched alkanes of at least 4 members (excludes halogenated alkanes) is 1. The number of methoxy groups -OCH3 is 1. The molecule has 1 rings (SSSR count). The number of carbonyl (C=O) groups is 3. The van der Waals surface area contributed by atoms with Gasteiger partial charge in [-0.2, -0.15) is 0 Å². The largest absolute Gasteiger partial charge is 0.467 e. The topological polar surface area (TPSA) is 84.5 Å². The van der Waals surface area contributed by atoms with Crippen LogP contribution in [-0.2, 0) is 19.1 Å². The first-order valence-electron chi connectivity index (χ1n) is 6.37.